The summed E-state index contributed by atoms with van der Waals surface area (Å²) in [4.78, 5) is 32.1. The molecule has 2 aliphatic rings. The van der Waals surface area contributed by atoms with Gasteiger partial charge in [0.1, 0.15) is 11.5 Å². The van der Waals surface area contributed by atoms with Crippen molar-refractivity contribution in [3.05, 3.63) is 35.9 Å². The van der Waals surface area contributed by atoms with Crippen molar-refractivity contribution in [3.8, 4) is 0 Å². The summed E-state index contributed by atoms with van der Waals surface area (Å²) in [5, 5.41) is 1.52. The lowest BCUT2D eigenvalue weighted by Crippen LogP contribution is -2.41. The Bertz CT molecular complexity index is 559. The topological polar surface area (TPSA) is 49.9 Å². The predicted molar refractivity (Wildman–Crippen MR) is 72.2 cm³/mol. The molecule has 2 heterocycles. The fraction of sp³-hybridized carbons (Fsp3) is 0.467. The van der Waals surface area contributed by atoms with Crippen LogP contribution in [0.3, 0.4) is 0 Å². The molecule has 0 aromatic heterocycles. The zero-order chi connectivity index (χ0) is 14.5. The number of imide groups is 1. The Hall–Kier alpha value is -1.72. The van der Waals surface area contributed by atoms with Gasteiger partial charge in [0.2, 0.25) is 11.8 Å². The largest absolute Gasteiger partial charge is 0.294 e. The molecule has 0 aliphatic carbocycles. The van der Waals surface area contributed by atoms with E-state index in [2.05, 4.69) is 0 Å². The van der Waals surface area contributed by atoms with E-state index in [4.69, 9.17) is 4.84 Å². The van der Waals surface area contributed by atoms with Crippen LogP contribution in [0.2, 0.25) is 0 Å². The van der Waals surface area contributed by atoms with Gasteiger partial charge in [0.25, 0.3) is 0 Å². The highest BCUT2D eigenvalue weighted by Crippen LogP contribution is 2.45. The molecule has 2 amide bonds. The Morgan fingerprint density at radius 3 is 2.50 bits per heavy atom. The number of hydrogen-bond acceptors (Lipinski definition) is 4. The summed E-state index contributed by atoms with van der Waals surface area (Å²) in [6, 6.07) is 9.04. The van der Waals surface area contributed by atoms with Crippen LogP contribution in [0.4, 0.5) is 0 Å². The van der Waals surface area contributed by atoms with E-state index in [0.717, 1.165) is 5.56 Å². The lowest BCUT2D eigenvalue weighted by atomic mass is 9.80. The normalized spacial score (nSPS) is 33.9. The molecule has 0 saturated carbocycles. The minimum absolute atomic E-state index is 0.145. The number of carbonyl (C=O) groups is 2. The van der Waals surface area contributed by atoms with Crippen molar-refractivity contribution in [2.24, 2.45) is 5.41 Å². The first-order chi connectivity index (χ1) is 9.46. The summed E-state index contributed by atoms with van der Waals surface area (Å²) >= 11 is 0. The average Bonchev–Trinajstić information content (AvgIpc) is 2.77. The third-order valence-electron chi connectivity index (χ3n) is 4.49. The molecular weight excluding hydrogens is 256 g/mol. The molecule has 3 unspecified atom stereocenters. The van der Waals surface area contributed by atoms with Crippen molar-refractivity contribution in [1.29, 1.82) is 0 Å². The van der Waals surface area contributed by atoms with Gasteiger partial charge in [0.15, 0.2) is 0 Å². The van der Waals surface area contributed by atoms with Crippen molar-refractivity contribution in [3.63, 3.8) is 0 Å². The first-order valence-electron chi connectivity index (χ1n) is 6.75. The number of benzene rings is 1. The van der Waals surface area contributed by atoms with E-state index >= 15 is 0 Å². The maximum absolute atomic E-state index is 12.7. The predicted octanol–water partition coefficient (Wildman–Crippen LogP) is 1.20. The van der Waals surface area contributed by atoms with E-state index < -0.39 is 11.5 Å². The summed E-state index contributed by atoms with van der Waals surface area (Å²) in [5.41, 5.74) is 0.162. The monoisotopic (exact) mass is 274 g/mol. The van der Waals surface area contributed by atoms with Gasteiger partial charge in [-0.3, -0.25) is 19.3 Å². The Labute approximate surface area is 118 Å². The average molecular weight is 274 g/mol. The van der Waals surface area contributed by atoms with Gasteiger partial charge in [0.05, 0.1) is 12.6 Å². The van der Waals surface area contributed by atoms with Gasteiger partial charge in [-0.1, -0.05) is 30.3 Å². The first kappa shape index (κ1) is 13.3. The molecule has 1 aromatic carbocycles. The molecule has 0 N–H and O–H groups in total. The minimum Gasteiger partial charge on any atom is -0.294 e. The zero-order valence-electron chi connectivity index (χ0n) is 11.9. The van der Waals surface area contributed by atoms with Crippen LogP contribution in [-0.4, -0.2) is 41.0 Å². The molecule has 5 heteroatoms. The lowest BCUT2D eigenvalue weighted by molar-refractivity contribution is -0.166. The van der Waals surface area contributed by atoms with Crippen molar-refractivity contribution < 1.29 is 14.4 Å². The summed E-state index contributed by atoms with van der Waals surface area (Å²) in [5.74, 6) is -0.318. The molecule has 0 bridgehead atoms. The molecule has 3 rings (SSSR count). The number of amides is 2. The van der Waals surface area contributed by atoms with Crippen molar-refractivity contribution in [2.45, 2.75) is 32.5 Å². The van der Waals surface area contributed by atoms with E-state index in [1.165, 1.54) is 9.96 Å². The summed E-state index contributed by atoms with van der Waals surface area (Å²) in [6.07, 6.45) is -0.297. The standard InChI is InChI=1S/C15H18N2O3/c1-10-15(2)12(16(3)20-10)13(18)17(14(15)19)9-11-7-5-4-6-8-11/h4-8,10,12H,9H2,1-3H3. The molecule has 3 atom stereocenters. The van der Waals surface area contributed by atoms with Crippen LogP contribution >= 0.6 is 0 Å². The molecular formula is C15H18N2O3. The molecule has 2 aliphatic heterocycles. The number of nitrogens with zero attached hydrogens (tertiary/aromatic N) is 2. The van der Waals surface area contributed by atoms with Gasteiger partial charge in [-0.15, -0.1) is 0 Å². The Morgan fingerprint density at radius 1 is 1.25 bits per heavy atom. The summed E-state index contributed by atoms with van der Waals surface area (Å²) in [7, 11) is 1.71. The van der Waals surface area contributed by atoms with Crippen molar-refractivity contribution >= 4 is 11.8 Å². The quantitative estimate of drug-likeness (QED) is 0.760. The number of hydroxylamine groups is 2. The second-order valence-corrected chi connectivity index (χ2v) is 5.69. The molecule has 2 fully saturated rings. The van der Waals surface area contributed by atoms with Crippen LogP contribution in [0.15, 0.2) is 30.3 Å². The fourth-order valence-corrected chi connectivity index (χ4v) is 3.18. The van der Waals surface area contributed by atoms with E-state index in [1.807, 2.05) is 44.2 Å². The minimum atomic E-state index is -0.791. The van der Waals surface area contributed by atoms with E-state index in [-0.39, 0.29) is 17.9 Å². The number of likely N-dealkylation sites (N-methyl/N-ethyl adjacent to an activating group) is 1. The van der Waals surface area contributed by atoms with E-state index in [1.54, 1.807) is 7.05 Å². The van der Waals surface area contributed by atoms with Crippen LogP contribution in [-0.2, 0) is 21.0 Å². The maximum Gasteiger partial charge on any atom is 0.250 e. The van der Waals surface area contributed by atoms with Gasteiger partial charge in [0, 0.05) is 7.05 Å². The number of fused-ring (bicyclic) bond motifs is 1. The van der Waals surface area contributed by atoms with Crippen LogP contribution < -0.4 is 0 Å². The van der Waals surface area contributed by atoms with Crippen LogP contribution in [0, 0.1) is 5.41 Å². The van der Waals surface area contributed by atoms with Gasteiger partial charge in [-0.25, -0.2) is 0 Å². The molecule has 0 radical (unpaired) electrons. The molecule has 0 spiro atoms. The number of likely N-dealkylation sites (tertiary alicyclic amines) is 1. The summed E-state index contributed by atoms with van der Waals surface area (Å²) < 4.78 is 0. The number of hydrogen-bond donors (Lipinski definition) is 0. The van der Waals surface area contributed by atoms with E-state index in [9.17, 15) is 9.59 Å². The zero-order valence-corrected chi connectivity index (χ0v) is 11.9. The highest BCUT2D eigenvalue weighted by molar-refractivity contribution is 6.09. The van der Waals surface area contributed by atoms with Gasteiger partial charge < -0.3 is 0 Å². The third kappa shape index (κ3) is 1.63. The fourth-order valence-electron chi connectivity index (χ4n) is 3.18. The first-order valence-corrected chi connectivity index (χ1v) is 6.75. The Kier molecular flexibility index (Phi) is 2.92. The molecule has 5 nitrogen and oxygen atoms in total. The SMILES string of the molecule is CC1ON(C)C2C(=O)N(Cc3ccccc3)C(=O)C12C. The smallest absolute Gasteiger partial charge is 0.250 e. The Balaban J connectivity index is 1.92. The van der Waals surface area contributed by atoms with Crippen molar-refractivity contribution in [2.75, 3.05) is 7.05 Å². The lowest BCUT2D eigenvalue weighted by Gasteiger charge is -2.23. The third-order valence-corrected chi connectivity index (χ3v) is 4.49. The van der Waals surface area contributed by atoms with Gasteiger partial charge in [-0.05, 0) is 19.4 Å². The Morgan fingerprint density at radius 2 is 1.90 bits per heavy atom. The highest BCUT2D eigenvalue weighted by Gasteiger charge is 2.65. The maximum atomic E-state index is 12.7. The van der Waals surface area contributed by atoms with Crippen LogP contribution in [0.5, 0.6) is 0 Å². The molecule has 106 valence electrons. The molecule has 20 heavy (non-hydrogen) atoms. The number of rotatable bonds is 2. The van der Waals surface area contributed by atoms with Gasteiger partial charge in [-0.2, -0.15) is 5.06 Å². The van der Waals surface area contributed by atoms with Crippen molar-refractivity contribution in [1.82, 2.24) is 9.96 Å². The van der Waals surface area contributed by atoms with E-state index in [0.29, 0.717) is 6.54 Å². The number of carbonyl (C=O) groups excluding carboxylic acids is 2. The second kappa shape index (κ2) is 4.40. The highest BCUT2D eigenvalue weighted by atomic mass is 16.7. The second-order valence-electron chi connectivity index (χ2n) is 5.69. The molecule has 2 saturated heterocycles. The van der Waals surface area contributed by atoms with Crippen LogP contribution in [0.25, 0.3) is 0 Å². The van der Waals surface area contributed by atoms with Crippen LogP contribution in [0.1, 0.15) is 19.4 Å². The van der Waals surface area contributed by atoms with Gasteiger partial charge >= 0.3 is 0 Å². The summed E-state index contributed by atoms with van der Waals surface area (Å²) in [6.45, 7) is 3.98. The molecule has 1 aromatic rings.